The molecule has 0 saturated carbocycles. The monoisotopic (exact) mass is 358 g/mol. The van der Waals surface area contributed by atoms with Gasteiger partial charge in [-0.3, -0.25) is 4.79 Å². The highest BCUT2D eigenvalue weighted by atomic mass is 32.1. The van der Waals surface area contributed by atoms with Gasteiger partial charge >= 0.3 is 0 Å². The molecule has 3 aromatic rings. The Balaban J connectivity index is 1.64. The molecular formula is C18H18N2O4S. The van der Waals surface area contributed by atoms with E-state index in [9.17, 15) is 4.79 Å². The van der Waals surface area contributed by atoms with Gasteiger partial charge in [0.2, 0.25) is 5.91 Å². The van der Waals surface area contributed by atoms with E-state index in [2.05, 4.69) is 10.3 Å². The third-order valence-electron chi connectivity index (χ3n) is 3.56. The maximum Gasteiger partial charge on any atom is 0.226 e. The zero-order valence-corrected chi connectivity index (χ0v) is 14.8. The predicted octanol–water partition coefficient (Wildman–Crippen LogP) is 3.28. The molecule has 130 valence electrons. The van der Waals surface area contributed by atoms with Crippen LogP contribution in [0.25, 0.3) is 10.6 Å². The van der Waals surface area contributed by atoms with E-state index in [4.69, 9.17) is 13.9 Å². The molecule has 1 amide bonds. The Morgan fingerprint density at radius 2 is 2.08 bits per heavy atom. The third-order valence-corrected chi connectivity index (χ3v) is 4.50. The summed E-state index contributed by atoms with van der Waals surface area (Å²) in [6, 6.07) is 9.24. The van der Waals surface area contributed by atoms with E-state index in [0.29, 0.717) is 18.0 Å². The SMILES string of the molecule is COc1ccc(-c2nc(CC(=O)NCc3ccco3)cs2)cc1OC. The summed E-state index contributed by atoms with van der Waals surface area (Å²) in [5, 5.41) is 5.53. The van der Waals surface area contributed by atoms with Crippen molar-refractivity contribution in [3.05, 3.63) is 53.4 Å². The zero-order chi connectivity index (χ0) is 17.6. The molecular weight excluding hydrogens is 340 g/mol. The van der Waals surface area contributed by atoms with Crippen LogP contribution in [0.2, 0.25) is 0 Å². The van der Waals surface area contributed by atoms with Crippen LogP contribution in [0.5, 0.6) is 11.5 Å². The molecule has 0 bridgehead atoms. The largest absolute Gasteiger partial charge is 0.493 e. The number of carbonyl (C=O) groups is 1. The van der Waals surface area contributed by atoms with E-state index < -0.39 is 0 Å². The lowest BCUT2D eigenvalue weighted by molar-refractivity contribution is -0.120. The number of nitrogens with one attached hydrogen (secondary N) is 1. The lowest BCUT2D eigenvalue weighted by Gasteiger charge is -2.08. The maximum absolute atomic E-state index is 12.0. The molecule has 7 heteroatoms. The van der Waals surface area contributed by atoms with Gasteiger partial charge in [-0.2, -0.15) is 0 Å². The maximum atomic E-state index is 12.0. The normalized spacial score (nSPS) is 10.5. The summed E-state index contributed by atoms with van der Waals surface area (Å²) in [4.78, 5) is 16.5. The number of thiazole rings is 1. The van der Waals surface area contributed by atoms with E-state index >= 15 is 0 Å². The molecule has 0 radical (unpaired) electrons. The Morgan fingerprint density at radius 1 is 1.24 bits per heavy atom. The molecule has 6 nitrogen and oxygen atoms in total. The van der Waals surface area contributed by atoms with Crippen molar-refractivity contribution in [3.8, 4) is 22.1 Å². The Morgan fingerprint density at radius 3 is 2.80 bits per heavy atom. The minimum absolute atomic E-state index is 0.0967. The average molecular weight is 358 g/mol. The molecule has 0 fully saturated rings. The molecule has 0 saturated heterocycles. The number of aromatic nitrogens is 1. The first kappa shape index (κ1) is 17.0. The highest BCUT2D eigenvalue weighted by molar-refractivity contribution is 7.13. The fourth-order valence-corrected chi connectivity index (χ4v) is 3.13. The Bertz CT molecular complexity index is 843. The second-order valence-corrected chi connectivity index (χ2v) is 6.10. The summed E-state index contributed by atoms with van der Waals surface area (Å²) >= 11 is 1.49. The van der Waals surface area contributed by atoms with Gasteiger partial charge in [-0.05, 0) is 30.3 Å². The number of hydrogen-bond acceptors (Lipinski definition) is 6. The van der Waals surface area contributed by atoms with Gasteiger partial charge in [-0.25, -0.2) is 4.98 Å². The van der Waals surface area contributed by atoms with Crippen molar-refractivity contribution in [1.82, 2.24) is 10.3 Å². The van der Waals surface area contributed by atoms with Gasteiger partial charge < -0.3 is 19.2 Å². The van der Waals surface area contributed by atoms with Gasteiger partial charge in [-0.15, -0.1) is 11.3 Å². The molecule has 1 aromatic carbocycles. The molecule has 0 unspecified atom stereocenters. The van der Waals surface area contributed by atoms with Gasteiger partial charge in [0, 0.05) is 10.9 Å². The fraction of sp³-hybridized carbons (Fsp3) is 0.222. The molecule has 25 heavy (non-hydrogen) atoms. The van der Waals surface area contributed by atoms with Gasteiger partial charge in [0.15, 0.2) is 11.5 Å². The first-order valence-electron chi connectivity index (χ1n) is 7.65. The van der Waals surface area contributed by atoms with Crippen LogP contribution in [0.15, 0.2) is 46.4 Å². The third kappa shape index (κ3) is 4.19. The molecule has 0 spiro atoms. The smallest absolute Gasteiger partial charge is 0.226 e. The number of hydrogen-bond donors (Lipinski definition) is 1. The van der Waals surface area contributed by atoms with Crippen molar-refractivity contribution in [2.75, 3.05) is 14.2 Å². The lowest BCUT2D eigenvalue weighted by atomic mass is 10.2. The minimum atomic E-state index is -0.0967. The van der Waals surface area contributed by atoms with Crippen LogP contribution in [0.4, 0.5) is 0 Å². The van der Waals surface area contributed by atoms with Crippen molar-refractivity contribution in [1.29, 1.82) is 0 Å². The standard InChI is InChI=1S/C18H18N2O4S/c1-22-15-6-5-12(8-16(15)23-2)18-20-13(11-25-18)9-17(21)19-10-14-4-3-7-24-14/h3-8,11H,9-10H2,1-2H3,(H,19,21). The number of ether oxygens (including phenoxy) is 2. The molecule has 3 rings (SSSR count). The van der Waals surface area contributed by atoms with Crippen molar-refractivity contribution in [2.24, 2.45) is 0 Å². The van der Waals surface area contributed by atoms with Crippen LogP contribution in [-0.2, 0) is 17.8 Å². The molecule has 0 aliphatic rings. The minimum Gasteiger partial charge on any atom is -0.493 e. The number of carbonyl (C=O) groups excluding carboxylic acids is 1. The number of amides is 1. The van der Waals surface area contributed by atoms with E-state index in [1.165, 1.54) is 11.3 Å². The highest BCUT2D eigenvalue weighted by Gasteiger charge is 2.12. The topological polar surface area (TPSA) is 73.6 Å². The molecule has 0 aliphatic carbocycles. The van der Waals surface area contributed by atoms with Crippen molar-refractivity contribution >= 4 is 17.2 Å². The van der Waals surface area contributed by atoms with Gasteiger partial charge in [-0.1, -0.05) is 0 Å². The molecule has 0 aliphatic heterocycles. The number of rotatable bonds is 7. The Labute approximate surface area is 149 Å². The molecule has 1 N–H and O–H groups in total. The van der Waals surface area contributed by atoms with E-state index in [1.807, 2.05) is 29.6 Å². The van der Waals surface area contributed by atoms with Crippen LogP contribution in [0.3, 0.4) is 0 Å². The molecule has 2 aromatic heterocycles. The zero-order valence-electron chi connectivity index (χ0n) is 13.9. The van der Waals surface area contributed by atoms with Crippen molar-refractivity contribution < 1.29 is 18.7 Å². The highest BCUT2D eigenvalue weighted by Crippen LogP contribution is 2.33. The van der Waals surface area contributed by atoms with Crippen LogP contribution in [0, 0.1) is 0 Å². The van der Waals surface area contributed by atoms with Crippen LogP contribution < -0.4 is 14.8 Å². The van der Waals surface area contributed by atoms with E-state index in [1.54, 1.807) is 26.5 Å². The first-order chi connectivity index (χ1) is 12.2. The van der Waals surface area contributed by atoms with Crippen LogP contribution in [0.1, 0.15) is 11.5 Å². The quantitative estimate of drug-likeness (QED) is 0.702. The summed E-state index contributed by atoms with van der Waals surface area (Å²) in [6.07, 6.45) is 1.81. The van der Waals surface area contributed by atoms with Gasteiger partial charge in [0.05, 0.1) is 39.1 Å². The van der Waals surface area contributed by atoms with Crippen LogP contribution in [-0.4, -0.2) is 25.1 Å². The van der Waals surface area contributed by atoms with E-state index in [-0.39, 0.29) is 12.3 Å². The Kier molecular flexibility index (Phi) is 5.35. The number of nitrogens with zero attached hydrogens (tertiary/aromatic N) is 1. The molecule has 2 heterocycles. The van der Waals surface area contributed by atoms with Crippen molar-refractivity contribution in [3.63, 3.8) is 0 Å². The summed E-state index contributed by atoms with van der Waals surface area (Å²) in [7, 11) is 3.19. The summed E-state index contributed by atoms with van der Waals surface area (Å²) in [5.41, 5.74) is 1.65. The van der Waals surface area contributed by atoms with Crippen molar-refractivity contribution in [2.45, 2.75) is 13.0 Å². The Hall–Kier alpha value is -2.80. The second kappa shape index (κ2) is 7.85. The predicted molar refractivity (Wildman–Crippen MR) is 94.9 cm³/mol. The van der Waals surface area contributed by atoms with Gasteiger partial charge in [0.25, 0.3) is 0 Å². The first-order valence-corrected chi connectivity index (χ1v) is 8.53. The summed E-state index contributed by atoms with van der Waals surface area (Å²) < 4.78 is 15.7. The summed E-state index contributed by atoms with van der Waals surface area (Å²) in [6.45, 7) is 0.374. The summed E-state index contributed by atoms with van der Waals surface area (Å²) in [5.74, 6) is 1.94. The number of methoxy groups -OCH3 is 2. The average Bonchev–Trinajstić information content (AvgIpc) is 3.31. The second-order valence-electron chi connectivity index (χ2n) is 5.25. The number of furan rings is 1. The van der Waals surface area contributed by atoms with E-state index in [0.717, 1.165) is 22.0 Å². The van der Waals surface area contributed by atoms with Crippen LogP contribution >= 0.6 is 11.3 Å². The number of benzene rings is 1. The molecule has 0 atom stereocenters. The fourth-order valence-electron chi connectivity index (χ4n) is 2.32. The van der Waals surface area contributed by atoms with Gasteiger partial charge in [0.1, 0.15) is 10.8 Å². The lowest BCUT2D eigenvalue weighted by Crippen LogP contribution is -2.24.